The zero-order chi connectivity index (χ0) is 12.4. The Morgan fingerprint density at radius 2 is 1.89 bits per heavy atom. The maximum atomic E-state index is 5.89. The van der Waals surface area contributed by atoms with E-state index in [1.54, 1.807) is 0 Å². The Morgan fingerprint density at radius 3 is 2.56 bits per heavy atom. The Labute approximate surface area is 110 Å². The molecule has 0 heterocycles. The SMILES string of the molecule is NCC1CCCC1NC(c1ccccc1)C1CC1. The standard InChI is InChI=1S/C16H24N2/c17-11-14-7-4-8-15(14)18-16(13-9-10-13)12-5-2-1-3-6-12/h1-3,5-6,13-16,18H,4,7-11,17H2. The fraction of sp³-hybridized carbons (Fsp3) is 0.625. The van der Waals surface area contributed by atoms with Gasteiger partial charge in [-0.15, -0.1) is 0 Å². The first-order valence-corrected chi connectivity index (χ1v) is 7.39. The second-order valence-corrected chi connectivity index (χ2v) is 5.93. The molecule has 3 unspecified atom stereocenters. The van der Waals surface area contributed by atoms with Gasteiger partial charge in [-0.1, -0.05) is 36.8 Å². The van der Waals surface area contributed by atoms with Crippen molar-refractivity contribution in [2.24, 2.45) is 17.6 Å². The van der Waals surface area contributed by atoms with Crippen LogP contribution in [0.4, 0.5) is 0 Å². The van der Waals surface area contributed by atoms with Crippen LogP contribution in [0.25, 0.3) is 0 Å². The van der Waals surface area contributed by atoms with Crippen LogP contribution in [0.1, 0.15) is 43.7 Å². The lowest BCUT2D eigenvalue weighted by Gasteiger charge is -2.27. The van der Waals surface area contributed by atoms with E-state index in [9.17, 15) is 0 Å². The van der Waals surface area contributed by atoms with Gasteiger partial charge in [0.15, 0.2) is 0 Å². The van der Waals surface area contributed by atoms with Crippen molar-refractivity contribution in [3.63, 3.8) is 0 Å². The van der Waals surface area contributed by atoms with Gasteiger partial charge in [-0.2, -0.15) is 0 Å². The van der Waals surface area contributed by atoms with E-state index in [2.05, 4.69) is 35.6 Å². The molecule has 2 aliphatic carbocycles. The average Bonchev–Trinajstić information content (AvgIpc) is 3.16. The monoisotopic (exact) mass is 244 g/mol. The van der Waals surface area contributed by atoms with Crippen molar-refractivity contribution >= 4 is 0 Å². The van der Waals surface area contributed by atoms with E-state index in [1.807, 2.05) is 0 Å². The molecule has 2 saturated carbocycles. The van der Waals surface area contributed by atoms with Gasteiger partial charge >= 0.3 is 0 Å². The van der Waals surface area contributed by atoms with Crippen LogP contribution in [0.15, 0.2) is 30.3 Å². The smallest absolute Gasteiger partial charge is 0.0351 e. The second kappa shape index (κ2) is 5.41. The van der Waals surface area contributed by atoms with E-state index in [4.69, 9.17) is 5.73 Å². The first kappa shape index (κ1) is 12.2. The molecular formula is C16H24N2. The highest BCUT2D eigenvalue weighted by molar-refractivity contribution is 5.21. The molecule has 1 aromatic carbocycles. The summed E-state index contributed by atoms with van der Waals surface area (Å²) in [4.78, 5) is 0. The van der Waals surface area contributed by atoms with Gasteiger partial charge < -0.3 is 11.1 Å². The molecule has 0 aliphatic heterocycles. The Balaban J connectivity index is 1.71. The fourth-order valence-corrected chi connectivity index (χ4v) is 3.36. The highest BCUT2D eigenvalue weighted by atomic mass is 15.0. The minimum Gasteiger partial charge on any atom is -0.330 e. The zero-order valence-corrected chi connectivity index (χ0v) is 11.0. The average molecular weight is 244 g/mol. The molecule has 98 valence electrons. The lowest BCUT2D eigenvalue weighted by molar-refractivity contribution is 0.343. The number of hydrogen-bond donors (Lipinski definition) is 2. The summed E-state index contributed by atoms with van der Waals surface area (Å²) in [5.41, 5.74) is 7.35. The third kappa shape index (κ3) is 2.60. The lowest BCUT2D eigenvalue weighted by atomic mass is 9.98. The molecule has 0 saturated heterocycles. The van der Waals surface area contributed by atoms with Crippen LogP contribution in [0.5, 0.6) is 0 Å². The van der Waals surface area contributed by atoms with Gasteiger partial charge in [-0.25, -0.2) is 0 Å². The molecule has 3 N–H and O–H groups in total. The van der Waals surface area contributed by atoms with Gasteiger partial charge in [0.2, 0.25) is 0 Å². The highest BCUT2D eigenvalue weighted by Gasteiger charge is 2.36. The number of hydrogen-bond acceptors (Lipinski definition) is 2. The molecule has 0 bridgehead atoms. The Bertz CT molecular complexity index is 372. The maximum Gasteiger partial charge on any atom is 0.0351 e. The van der Waals surface area contributed by atoms with Crippen LogP contribution in [0.2, 0.25) is 0 Å². The van der Waals surface area contributed by atoms with Crippen LogP contribution < -0.4 is 11.1 Å². The molecule has 3 rings (SSSR count). The van der Waals surface area contributed by atoms with E-state index in [0.29, 0.717) is 18.0 Å². The topological polar surface area (TPSA) is 38.0 Å². The summed E-state index contributed by atoms with van der Waals surface area (Å²) in [5.74, 6) is 1.54. The van der Waals surface area contributed by atoms with Crippen molar-refractivity contribution in [3.8, 4) is 0 Å². The van der Waals surface area contributed by atoms with Gasteiger partial charge in [0.1, 0.15) is 0 Å². The quantitative estimate of drug-likeness (QED) is 0.836. The molecule has 0 radical (unpaired) electrons. The van der Waals surface area contributed by atoms with Crippen molar-refractivity contribution in [2.45, 2.75) is 44.2 Å². The molecule has 0 aromatic heterocycles. The number of rotatable bonds is 5. The van der Waals surface area contributed by atoms with Crippen LogP contribution in [-0.4, -0.2) is 12.6 Å². The first-order valence-electron chi connectivity index (χ1n) is 7.39. The number of benzene rings is 1. The van der Waals surface area contributed by atoms with Crippen molar-refractivity contribution in [1.82, 2.24) is 5.32 Å². The summed E-state index contributed by atoms with van der Waals surface area (Å²) < 4.78 is 0. The normalized spacial score (nSPS) is 29.4. The van der Waals surface area contributed by atoms with Crippen molar-refractivity contribution in [2.75, 3.05) is 6.54 Å². The first-order chi connectivity index (χ1) is 8.88. The minimum atomic E-state index is 0.559. The Morgan fingerprint density at radius 1 is 1.11 bits per heavy atom. The Hall–Kier alpha value is -0.860. The van der Waals surface area contributed by atoms with E-state index < -0.39 is 0 Å². The summed E-state index contributed by atoms with van der Waals surface area (Å²) >= 11 is 0. The highest BCUT2D eigenvalue weighted by Crippen LogP contribution is 2.42. The van der Waals surface area contributed by atoms with Crippen LogP contribution in [0.3, 0.4) is 0 Å². The predicted molar refractivity (Wildman–Crippen MR) is 75.2 cm³/mol. The third-order valence-corrected chi connectivity index (χ3v) is 4.61. The van der Waals surface area contributed by atoms with Crippen molar-refractivity contribution < 1.29 is 0 Å². The molecule has 3 atom stereocenters. The molecular weight excluding hydrogens is 220 g/mol. The van der Waals surface area contributed by atoms with E-state index in [0.717, 1.165) is 12.5 Å². The molecule has 18 heavy (non-hydrogen) atoms. The number of nitrogens with two attached hydrogens (primary N) is 1. The molecule has 2 aliphatic rings. The van der Waals surface area contributed by atoms with Gasteiger partial charge in [-0.05, 0) is 49.6 Å². The van der Waals surface area contributed by atoms with E-state index >= 15 is 0 Å². The number of nitrogens with one attached hydrogen (secondary N) is 1. The van der Waals surface area contributed by atoms with Gasteiger partial charge in [0.25, 0.3) is 0 Å². The van der Waals surface area contributed by atoms with Crippen LogP contribution in [0, 0.1) is 11.8 Å². The molecule has 2 fully saturated rings. The molecule has 1 aromatic rings. The predicted octanol–water partition coefficient (Wildman–Crippen LogP) is 2.85. The second-order valence-electron chi connectivity index (χ2n) is 5.93. The molecule has 2 nitrogen and oxygen atoms in total. The summed E-state index contributed by atoms with van der Waals surface area (Å²) in [6, 6.07) is 12.1. The summed E-state index contributed by atoms with van der Waals surface area (Å²) in [5, 5.41) is 3.92. The minimum absolute atomic E-state index is 0.559. The van der Waals surface area contributed by atoms with E-state index in [1.165, 1.54) is 37.7 Å². The molecule has 0 amide bonds. The fourth-order valence-electron chi connectivity index (χ4n) is 3.36. The summed E-state index contributed by atoms with van der Waals surface area (Å²) in [6.45, 7) is 0.837. The maximum absolute atomic E-state index is 5.89. The van der Waals surface area contributed by atoms with Crippen LogP contribution in [-0.2, 0) is 0 Å². The van der Waals surface area contributed by atoms with Crippen LogP contribution >= 0.6 is 0 Å². The van der Waals surface area contributed by atoms with Gasteiger partial charge in [-0.3, -0.25) is 0 Å². The molecule has 0 spiro atoms. The third-order valence-electron chi connectivity index (χ3n) is 4.61. The summed E-state index contributed by atoms with van der Waals surface area (Å²) in [7, 11) is 0. The Kier molecular flexibility index (Phi) is 3.67. The largest absolute Gasteiger partial charge is 0.330 e. The molecule has 2 heteroatoms. The van der Waals surface area contributed by atoms with Gasteiger partial charge in [0.05, 0.1) is 0 Å². The summed E-state index contributed by atoms with van der Waals surface area (Å²) in [6.07, 6.45) is 6.71. The van der Waals surface area contributed by atoms with Gasteiger partial charge in [0, 0.05) is 12.1 Å². The zero-order valence-electron chi connectivity index (χ0n) is 11.0. The van der Waals surface area contributed by atoms with Crippen molar-refractivity contribution in [3.05, 3.63) is 35.9 Å². The van der Waals surface area contributed by atoms with Crippen molar-refractivity contribution in [1.29, 1.82) is 0 Å². The van der Waals surface area contributed by atoms with E-state index in [-0.39, 0.29) is 0 Å². The lowest BCUT2D eigenvalue weighted by Crippen LogP contribution is -2.39.